The molecule has 21 heavy (non-hydrogen) atoms. The van der Waals surface area contributed by atoms with Gasteiger partial charge in [-0.15, -0.1) is 0 Å². The maximum atomic E-state index is 12.5. The molecule has 2 unspecified atom stereocenters. The van der Waals surface area contributed by atoms with Crippen molar-refractivity contribution < 1.29 is 13.2 Å². The van der Waals surface area contributed by atoms with E-state index in [2.05, 4.69) is 12.2 Å². The van der Waals surface area contributed by atoms with Crippen LogP contribution in [0.25, 0.3) is 0 Å². The van der Waals surface area contributed by atoms with Crippen LogP contribution in [-0.4, -0.2) is 56.9 Å². The third-order valence-electron chi connectivity index (χ3n) is 4.43. The van der Waals surface area contributed by atoms with Gasteiger partial charge in [0.25, 0.3) is 0 Å². The Morgan fingerprint density at radius 3 is 2.81 bits per heavy atom. The second-order valence-corrected chi connectivity index (χ2v) is 8.33. The molecule has 0 bridgehead atoms. The SMILES string of the molecule is CCCOC1CCCN(S(=O)(=O)CCC2CCCCN2)C1. The lowest BCUT2D eigenvalue weighted by Crippen LogP contribution is -2.45. The summed E-state index contributed by atoms with van der Waals surface area (Å²) in [7, 11) is -3.13. The van der Waals surface area contributed by atoms with Crippen LogP contribution in [0.5, 0.6) is 0 Å². The topological polar surface area (TPSA) is 58.6 Å². The number of rotatable bonds is 7. The highest BCUT2D eigenvalue weighted by atomic mass is 32.2. The molecule has 2 aliphatic heterocycles. The zero-order valence-electron chi connectivity index (χ0n) is 13.2. The zero-order chi connectivity index (χ0) is 15.1. The van der Waals surface area contributed by atoms with Gasteiger partial charge in [-0.1, -0.05) is 13.3 Å². The first-order valence-electron chi connectivity index (χ1n) is 8.44. The van der Waals surface area contributed by atoms with E-state index in [1.54, 1.807) is 4.31 Å². The first kappa shape index (κ1) is 17.2. The van der Waals surface area contributed by atoms with Crippen molar-refractivity contribution in [1.82, 2.24) is 9.62 Å². The molecule has 2 atom stereocenters. The lowest BCUT2D eigenvalue weighted by atomic mass is 10.0. The third kappa shape index (κ3) is 5.51. The average molecular weight is 318 g/mol. The van der Waals surface area contributed by atoms with Gasteiger partial charge < -0.3 is 10.1 Å². The van der Waals surface area contributed by atoms with Crippen molar-refractivity contribution in [3.63, 3.8) is 0 Å². The molecule has 6 heteroatoms. The lowest BCUT2D eigenvalue weighted by molar-refractivity contribution is 0.0193. The molecule has 2 rings (SSSR count). The van der Waals surface area contributed by atoms with Crippen molar-refractivity contribution in [2.45, 2.75) is 64.0 Å². The van der Waals surface area contributed by atoms with Gasteiger partial charge in [-0.25, -0.2) is 8.42 Å². The van der Waals surface area contributed by atoms with Crippen molar-refractivity contribution in [1.29, 1.82) is 0 Å². The van der Waals surface area contributed by atoms with Crippen LogP contribution in [-0.2, 0) is 14.8 Å². The van der Waals surface area contributed by atoms with Crippen molar-refractivity contribution in [2.75, 3.05) is 32.0 Å². The van der Waals surface area contributed by atoms with E-state index in [0.29, 0.717) is 19.1 Å². The molecule has 0 aromatic carbocycles. The summed E-state index contributed by atoms with van der Waals surface area (Å²) in [5.74, 6) is 0.269. The van der Waals surface area contributed by atoms with Gasteiger partial charge in [0.15, 0.2) is 0 Å². The van der Waals surface area contributed by atoms with Gasteiger partial charge in [-0.2, -0.15) is 4.31 Å². The molecular formula is C15H30N2O3S. The first-order chi connectivity index (χ1) is 10.1. The molecule has 2 aliphatic rings. The Hall–Kier alpha value is -0.170. The van der Waals surface area contributed by atoms with Gasteiger partial charge in [0.1, 0.15) is 0 Å². The summed E-state index contributed by atoms with van der Waals surface area (Å²) in [6, 6.07) is 0.380. The van der Waals surface area contributed by atoms with E-state index >= 15 is 0 Å². The zero-order valence-corrected chi connectivity index (χ0v) is 14.0. The predicted molar refractivity (Wildman–Crippen MR) is 84.9 cm³/mol. The Kier molecular flexibility index (Phi) is 6.92. The number of nitrogens with one attached hydrogen (secondary N) is 1. The van der Waals surface area contributed by atoms with Crippen LogP contribution < -0.4 is 5.32 Å². The number of hydrogen-bond donors (Lipinski definition) is 1. The Morgan fingerprint density at radius 1 is 1.24 bits per heavy atom. The first-order valence-corrected chi connectivity index (χ1v) is 10.1. The van der Waals surface area contributed by atoms with Gasteiger partial charge in [0.05, 0.1) is 11.9 Å². The van der Waals surface area contributed by atoms with Gasteiger partial charge in [0, 0.05) is 25.7 Å². The fourth-order valence-electron chi connectivity index (χ4n) is 3.17. The third-order valence-corrected chi connectivity index (χ3v) is 6.30. The molecular weight excluding hydrogens is 288 g/mol. The second kappa shape index (κ2) is 8.46. The Labute approximate surface area is 129 Å². The molecule has 0 aliphatic carbocycles. The minimum Gasteiger partial charge on any atom is -0.377 e. The fraction of sp³-hybridized carbons (Fsp3) is 1.00. The minimum absolute atomic E-state index is 0.0845. The second-order valence-electron chi connectivity index (χ2n) is 6.24. The molecule has 2 heterocycles. The predicted octanol–water partition coefficient (Wildman–Crippen LogP) is 1.74. The molecule has 0 saturated carbocycles. The van der Waals surface area contributed by atoms with Crippen molar-refractivity contribution in [3.8, 4) is 0 Å². The van der Waals surface area contributed by atoms with Gasteiger partial charge in [-0.05, 0) is 45.1 Å². The van der Waals surface area contributed by atoms with E-state index in [-0.39, 0.29) is 11.9 Å². The summed E-state index contributed by atoms with van der Waals surface area (Å²) in [6.07, 6.45) is 7.24. The highest BCUT2D eigenvalue weighted by Crippen LogP contribution is 2.19. The van der Waals surface area contributed by atoms with Crippen molar-refractivity contribution >= 4 is 10.0 Å². The standard InChI is InChI=1S/C15H30N2O3S/c1-2-11-20-15-7-5-10-17(13-15)21(18,19)12-8-14-6-3-4-9-16-14/h14-16H,2-13H2,1H3. The van der Waals surface area contributed by atoms with Crippen LogP contribution in [0, 0.1) is 0 Å². The van der Waals surface area contributed by atoms with E-state index in [9.17, 15) is 8.42 Å². The molecule has 2 fully saturated rings. The number of ether oxygens (including phenoxy) is 1. The van der Waals surface area contributed by atoms with E-state index in [4.69, 9.17) is 4.74 Å². The van der Waals surface area contributed by atoms with Crippen LogP contribution in [0.3, 0.4) is 0 Å². The lowest BCUT2D eigenvalue weighted by Gasteiger charge is -2.32. The van der Waals surface area contributed by atoms with Gasteiger partial charge >= 0.3 is 0 Å². The Balaban J connectivity index is 1.80. The van der Waals surface area contributed by atoms with Crippen LogP contribution in [0.15, 0.2) is 0 Å². The highest BCUT2D eigenvalue weighted by Gasteiger charge is 2.29. The maximum Gasteiger partial charge on any atom is 0.214 e. The Morgan fingerprint density at radius 2 is 2.10 bits per heavy atom. The van der Waals surface area contributed by atoms with E-state index in [0.717, 1.165) is 45.3 Å². The summed E-state index contributed by atoms with van der Waals surface area (Å²) >= 11 is 0. The molecule has 124 valence electrons. The number of hydrogen-bond acceptors (Lipinski definition) is 4. The van der Waals surface area contributed by atoms with Crippen LogP contribution in [0.1, 0.15) is 51.9 Å². The quantitative estimate of drug-likeness (QED) is 0.777. The summed E-state index contributed by atoms with van der Waals surface area (Å²) in [6.45, 7) is 5.03. The molecule has 0 aromatic rings. The summed E-state index contributed by atoms with van der Waals surface area (Å²) in [5.41, 5.74) is 0. The van der Waals surface area contributed by atoms with E-state index in [1.165, 1.54) is 12.8 Å². The molecule has 0 radical (unpaired) electrons. The van der Waals surface area contributed by atoms with Crippen molar-refractivity contribution in [3.05, 3.63) is 0 Å². The molecule has 2 saturated heterocycles. The number of nitrogens with zero attached hydrogens (tertiary/aromatic N) is 1. The summed E-state index contributed by atoms with van der Waals surface area (Å²) in [5, 5.41) is 3.42. The molecule has 0 spiro atoms. The summed E-state index contributed by atoms with van der Waals surface area (Å²) in [4.78, 5) is 0. The fourth-order valence-corrected chi connectivity index (χ4v) is 4.81. The average Bonchev–Trinajstić information content (AvgIpc) is 2.52. The molecule has 1 N–H and O–H groups in total. The van der Waals surface area contributed by atoms with Gasteiger partial charge in [-0.3, -0.25) is 0 Å². The number of sulfonamides is 1. The highest BCUT2D eigenvalue weighted by molar-refractivity contribution is 7.89. The molecule has 5 nitrogen and oxygen atoms in total. The van der Waals surface area contributed by atoms with E-state index in [1.807, 2.05) is 0 Å². The largest absolute Gasteiger partial charge is 0.377 e. The molecule has 0 amide bonds. The van der Waals surface area contributed by atoms with Crippen LogP contribution in [0.4, 0.5) is 0 Å². The van der Waals surface area contributed by atoms with Crippen LogP contribution in [0.2, 0.25) is 0 Å². The monoisotopic (exact) mass is 318 g/mol. The van der Waals surface area contributed by atoms with Crippen LogP contribution >= 0.6 is 0 Å². The molecule has 0 aromatic heterocycles. The van der Waals surface area contributed by atoms with E-state index < -0.39 is 10.0 Å². The van der Waals surface area contributed by atoms with Gasteiger partial charge in [0.2, 0.25) is 10.0 Å². The number of piperidine rings is 2. The smallest absolute Gasteiger partial charge is 0.214 e. The summed E-state index contributed by atoms with van der Waals surface area (Å²) < 4.78 is 32.4. The maximum absolute atomic E-state index is 12.5. The minimum atomic E-state index is -3.13. The normalized spacial score (nSPS) is 28.6. The van der Waals surface area contributed by atoms with Crippen molar-refractivity contribution in [2.24, 2.45) is 0 Å². The Bertz CT molecular complexity index is 394.